The van der Waals surface area contributed by atoms with Crippen LogP contribution < -0.4 is 10.6 Å². The third-order valence-electron chi connectivity index (χ3n) is 3.34. The van der Waals surface area contributed by atoms with Crippen LogP contribution in [0.3, 0.4) is 0 Å². The predicted octanol–water partition coefficient (Wildman–Crippen LogP) is 3.11. The van der Waals surface area contributed by atoms with E-state index in [0.29, 0.717) is 4.34 Å². The zero-order valence-corrected chi connectivity index (χ0v) is 15.5. The molecule has 0 spiro atoms. The number of hydrogen-bond acceptors (Lipinski definition) is 6. The molecular weight excluding hydrogens is 344 g/mol. The Labute approximate surface area is 149 Å². The van der Waals surface area contributed by atoms with Crippen LogP contribution in [0.4, 0.5) is 5.69 Å². The first kappa shape index (κ1) is 18.4. The van der Waals surface area contributed by atoms with Crippen LogP contribution in [-0.4, -0.2) is 33.8 Å². The molecule has 0 saturated carbocycles. The van der Waals surface area contributed by atoms with Crippen LogP contribution >= 0.6 is 23.1 Å². The van der Waals surface area contributed by atoms with E-state index in [-0.39, 0.29) is 28.6 Å². The summed E-state index contributed by atoms with van der Waals surface area (Å²) in [6.07, 6.45) is 0.887. The van der Waals surface area contributed by atoms with Gasteiger partial charge in [0.25, 0.3) is 5.91 Å². The van der Waals surface area contributed by atoms with E-state index < -0.39 is 0 Å². The highest BCUT2D eigenvalue weighted by Gasteiger charge is 2.15. The molecule has 0 aliphatic rings. The van der Waals surface area contributed by atoms with Crippen molar-refractivity contribution in [3.05, 3.63) is 34.8 Å². The van der Waals surface area contributed by atoms with Crippen LogP contribution in [0.25, 0.3) is 0 Å². The quantitative estimate of drug-likeness (QED) is 0.738. The number of carbonyl (C=O) groups is 2. The van der Waals surface area contributed by atoms with Crippen molar-refractivity contribution in [3.63, 3.8) is 0 Å². The molecule has 2 rings (SSSR count). The van der Waals surface area contributed by atoms with Crippen LogP contribution in [0.5, 0.6) is 0 Å². The number of aryl methyl sites for hydroxylation is 1. The summed E-state index contributed by atoms with van der Waals surface area (Å²) in [5, 5.41) is 13.8. The number of anilines is 1. The third-order valence-corrected chi connectivity index (χ3v) is 5.40. The number of para-hydroxylation sites is 1. The number of benzene rings is 1. The molecule has 1 aromatic heterocycles. The van der Waals surface area contributed by atoms with Gasteiger partial charge in [0.2, 0.25) is 10.9 Å². The molecule has 2 aromatic rings. The molecule has 0 radical (unpaired) electrons. The van der Waals surface area contributed by atoms with Gasteiger partial charge in [0.15, 0.2) is 4.34 Å². The van der Waals surface area contributed by atoms with Gasteiger partial charge in [-0.15, -0.1) is 10.2 Å². The van der Waals surface area contributed by atoms with Gasteiger partial charge in [-0.25, -0.2) is 0 Å². The second kappa shape index (κ2) is 8.79. The third kappa shape index (κ3) is 5.31. The number of aromatic nitrogens is 2. The molecule has 128 valence electrons. The Morgan fingerprint density at radius 3 is 2.75 bits per heavy atom. The SMILES string of the molecule is CCC(C)NC(=O)CSc1nnc(C(=O)Nc2ccccc2C)s1. The van der Waals surface area contributed by atoms with E-state index in [0.717, 1.165) is 17.7 Å². The van der Waals surface area contributed by atoms with Crippen molar-refractivity contribution in [2.24, 2.45) is 0 Å². The summed E-state index contributed by atoms with van der Waals surface area (Å²) in [4.78, 5) is 24.0. The topological polar surface area (TPSA) is 84.0 Å². The monoisotopic (exact) mass is 364 g/mol. The number of nitrogens with zero attached hydrogens (tertiary/aromatic N) is 2. The number of nitrogens with one attached hydrogen (secondary N) is 2. The largest absolute Gasteiger partial charge is 0.353 e. The smallest absolute Gasteiger partial charge is 0.286 e. The molecule has 0 fully saturated rings. The highest BCUT2D eigenvalue weighted by molar-refractivity contribution is 8.01. The Balaban J connectivity index is 1.89. The molecule has 1 unspecified atom stereocenters. The number of carbonyl (C=O) groups excluding carboxylic acids is 2. The van der Waals surface area contributed by atoms with Gasteiger partial charge in [-0.1, -0.05) is 48.2 Å². The van der Waals surface area contributed by atoms with Crippen LogP contribution in [0.1, 0.15) is 35.6 Å². The van der Waals surface area contributed by atoms with E-state index in [9.17, 15) is 9.59 Å². The maximum Gasteiger partial charge on any atom is 0.286 e. The zero-order valence-electron chi connectivity index (χ0n) is 13.8. The fourth-order valence-electron chi connectivity index (χ4n) is 1.79. The normalized spacial score (nSPS) is 11.8. The van der Waals surface area contributed by atoms with E-state index in [1.54, 1.807) is 0 Å². The van der Waals surface area contributed by atoms with Gasteiger partial charge in [-0.3, -0.25) is 9.59 Å². The molecule has 2 amide bonds. The summed E-state index contributed by atoms with van der Waals surface area (Å²) >= 11 is 2.46. The Hall–Kier alpha value is -1.93. The molecule has 6 nitrogen and oxygen atoms in total. The van der Waals surface area contributed by atoms with E-state index >= 15 is 0 Å². The molecule has 0 saturated heterocycles. The van der Waals surface area contributed by atoms with Crippen LogP contribution in [-0.2, 0) is 4.79 Å². The number of hydrogen-bond donors (Lipinski definition) is 2. The summed E-state index contributed by atoms with van der Waals surface area (Å²) in [7, 11) is 0. The first-order valence-electron chi connectivity index (χ1n) is 7.62. The highest BCUT2D eigenvalue weighted by Crippen LogP contribution is 2.23. The van der Waals surface area contributed by atoms with Crippen LogP contribution in [0.2, 0.25) is 0 Å². The van der Waals surface area contributed by atoms with Crippen molar-refractivity contribution in [2.75, 3.05) is 11.1 Å². The lowest BCUT2D eigenvalue weighted by atomic mass is 10.2. The predicted molar refractivity (Wildman–Crippen MR) is 97.7 cm³/mol. The molecule has 1 heterocycles. The molecule has 0 aliphatic heterocycles. The van der Waals surface area contributed by atoms with E-state index in [4.69, 9.17) is 0 Å². The number of rotatable bonds is 7. The molecule has 0 bridgehead atoms. The number of thioether (sulfide) groups is 1. The van der Waals surface area contributed by atoms with Crippen molar-refractivity contribution in [1.29, 1.82) is 0 Å². The minimum absolute atomic E-state index is 0.0459. The lowest BCUT2D eigenvalue weighted by molar-refractivity contribution is -0.119. The zero-order chi connectivity index (χ0) is 17.5. The van der Waals surface area contributed by atoms with Gasteiger partial charge in [0, 0.05) is 11.7 Å². The molecule has 2 N–H and O–H groups in total. The van der Waals surface area contributed by atoms with Gasteiger partial charge in [-0.2, -0.15) is 0 Å². The van der Waals surface area contributed by atoms with Crippen molar-refractivity contribution in [1.82, 2.24) is 15.5 Å². The van der Waals surface area contributed by atoms with Gasteiger partial charge in [0.05, 0.1) is 5.75 Å². The molecule has 8 heteroatoms. The maximum absolute atomic E-state index is 12.2. The van der Waals surface area contributed by atoms with Crippen LogP contribution in [0, 0.1) is 6.92 Å². The first-order chi connectivity index (χ1) is 11.5. The Morgan fingerprint density at radius 1 is 1.29 bits per heavy atom. The minimum atomic E-state index is -0.294. The van der Waals surface area contributed by atoms with E-state index in [1.807, 2.05) is 45.0 Å². The van der Waals surface area contributed by atoms with E-state index in [2.05, 4.69) is 20.8 Å². The average molecular weight is 364 g/mol. The molecular formula is C16H20N4O2S2. The highest BCUT2D eigenvalue weighted by atomic mass is 32.2. The van der Waals surface area contributed by atoms with Crippen molar-refractivity contribution >= 4 is 40.6 Å². The molecule has 1 atom stereocenters. The van der Waals surface area contributed by atoms with Gasteiger partial charge in [-0.05, 0) is 31.9 Å². The van der Waals surface area contributed by atoms with Gasteiger partial charge < -0.3 is 10.6 Å². The summed E-state index contributed by atoms with van der Waals surface area (Å²) in [6, 6.07) is 7.69. The number of amides is 2. The fourth-order valence-corrected chi connectivity index (χ4v) is 3.35. The standard InChI is InChI=1S/C16H20N4O2S2/c1-4-11(3)17-13(21)9-23-16-20-19-15(24-16)14(22)18-12-8-6-5-7-10(12)2/h5-8,11H,4,9H2,1-3H3,(H,17,21)(H,18,22). The second-order valence-electron chi connectivity index (χ2n) is 5.31. The average Bonchev–Trinajstić information content (AvgIpc) is 3.04. The van der Waals surface area contributed by atoms with Crippen molar-refractivity contribution in [2.45, 2.75) is 37.6 Å². The second-order valence-corrected chi connectivity index (χ2v) is 7.51. The Morgan fingerprint density at radius 2 is 2.04 bits per heavy atom. The minimum Gasteiger partial charge on any atom is -0.353 e. The van der Waals surface area contributed by atoms with Crippen molar-refractivity contribution < 1.29 is 9.59 Å². The summed E-state index contributed by atoms with van der Waals surface area (Å²) in [6.45, 7) is 5.90. The maximum atomic E-state index is 12.2. The molecule has 0 aliphatic carbocycles. The first-order valence-corrected chi connectivity index (χ1v) is 9.42. The summed E-state index contributed by atoms with van der Waals surface area (Å²) in [5.74, 6) is -0.0774. The van der Waals surface area contributed by atoms with Gasteiger partial charge >= 0.3 is 0 Å². The van der Waals surface area contributed by atoms with Crippen LogP contribution in [0.15, 0.2) is 28.6 Å². The summed E-state index contributed by atoms with van der Waals surface area (Å²) < 4.78 is 0.601. The Bertz CT molecular complexity index is 718. The summed E-state index contributed by atoms with van der Waals surface area (Å²) in [5.41, 5.74) is 1.73. The fraction of sp³-hybridized carbons (Fsp3) is 0.375. The van der Waals surface area contributed by atoms with E-state index in [1.165, 1.54) is 23.1 Å². The van der Waals surface area contributed by atoms with Crippen molar-refractivity contribution in [3.8, 4) is 0 Å². The molecule has 24 heavy (non-hydrogen) atoms. The van der Waals surface area contributed by atoms with Gasteiger partial charge in [0.1, 0.15) is 0 Å². The lowest BCUT2D eigenvalue weighted by Crippen LogP contribution is -2.33. The Kier molecular flexibility index (Phi) is 6.74. The lowest BCUT2D eigenvalue weighted by Gasteiger charge is -2.09. The molecule has 1 aromatic carbocycles.